The van der Waals surface area contributed by atoms with E-state index in [-0.39, 0.29) is 0 Å². The second-order valence-electron chi connectivity index (χ2n) is 3.66. The molecular weight excluding hydrogens is 166 g/mol. The minimum absolute atomic E-state index is 0.384. The van der Waals surface area contributed by atoms with Crippen LogP contribution in [0.1, 0.15) is 19.7 Å². The zero-order valence-electron chi connectivity index (χ0n) is 8.36. The smallest absolute Gasteiger partial charge is 0.118 e. The van der Waals surface area contributed by atoms with Crippen molar-refractivity contribution in [2.75, 3.05) is 6.54 Å². The number of aliphatic hydroxyl groups is 1. The predicted molar refractivity (Wildman–Crippen MR) is 51.3 cm³/mol. The van der Waals surface area contributed by atoms with Gasteiger partial charge in [-0.1, -0.05) is 0 Å². The normalized spacial score (nSPS) is 18.2. The lowest BCUT2D eigenvalue weighted by molar-refractivity contribution is 0.104. The summed E-state index contributed by atoms with van der Waals surface area (Å²) in [5, 5.41) is 9.63. The first kappa shape index (κ1) is 10.2. The highest BCUT2D eigenvalue weighted by Crippen LogP contribution is 2.24. The number of aliphatic hydroxyl groups excluding tert-OH is 1. The van der Waals surface area contributed by atoms with Gasteiger partial charge in [0, 0.05) is 26.0 Å². The molecular formula is C9H17N3O. The van der Waals surface area contributed by atoms with E-state index in [1.165, 1.54) is 0 Å². The Balaban J connectivity index is 3.10. The summed E-state index contributed by atoms with van der Waals surface area (Å²) in [7, 11) is 1.90. The van der Waals surface area contributed by atoms with Crippen LogP contribution in [0, 0.1) is 0 Å². The van der Waals surface area contributed by atoms with Crippen LogP contribution in [0.25, 0.3) is 0 Å². The minimum atomic E-state index is -0.501. The Labute approximate surface area is 78.4 Å². The van der Waals surface area contributed by atoms with Gasteiger partial charge < -0.3 is 15.4 Å². The molecule has 13 heavy (non-hydrogen) atoms. The number of imidazole rings is 1. The summed E-state index contributed by atoms with van der Waals surface area (Å²) in [5.74, 6) is 0.824. The summed E-state index contributed by atoms with van der Waals surface area (Å²) in [6.07, 6.45) is 3.07. The topological polar surface area (TPSA) is 64.1 Å². The first-order valence-electron chi connectivity index (χ1n) is 4.38. The lowest BCUT2D eigenvalue weighted by Crippen LogP contribution is -2.43. The fraction of sp³-hybridized carbons (Fsp3) is 0.667. The first-order chi connectivity index (χ1) is 6.02. The third kappa shape index (κ3) is 1.59. The van der Waals surface area contributed by atoms with Crippen LogP contribution in [0.3, 0.4) is 0 Å². The molecule has 1 aromatic heterocycles. The Hall–Kier alpha value is -0.870. The summed E-state index contributed by atoms with van der Waals surface area (Å²) >= 11 is 0. The molecule has 0 fully saturated rings. The molecule has 2 unspecified atom stereocenters. The third-order valence-electron chi connectivity index (χ3n) is 2.68. The molecule has 0 spiro atoms. The average molecular weight is 183 g/mol. The molecule has 2 atom stereocenters. The lowest BCUT2D eigenvalue weighted by Gasteiger charge is -2.30. The van der Waals surface area contributed by atoms with Gasteiger partial charge in [0.1, 0.15) is 5.82 Å². The maximum atomic E-state index is 9.63. The molecule has 1 heterocycles. The molecule has 3 N–H and O–H groups in total. The van der Waals surface area contributed by atoms with Gasteiger partial charge in [0.05, 0.1) is 11.5 Å². The highest BCUT2D eigenvalue weighted by atomic mass is 16.3. The van der Waals surface area contributed by atoms with Gasteiger partial charge in [-0.25, -0.2) is 4.98 Å². The van der Waals surface area contributed by atoms with Crippen molar-refractivity contribution < 1.29 is 5.11 Å². The molecule has 0 aliphatic heterocycles. The van der Waals surface area contributed by atoms with Crippen molar-refractivity contribution in [2.24, 2.45) is 12.8 Å². The third-order valence-corrected chi connectivity index (χ3v) is 2.68. The van der Waals surface area contributed by atoms with E-state index in [0.717, 1.165) is 5.82 Å². The molecule has 0 amide bonds. The molecule has 4 heteroatoms. The SMILES string of the molecule is CC(O)C(C)(CN)c1nccn1C. The van der Waals surface area contributed by atoms with Crippen LogP contribution >= 0.6 is 0 Å². The first-order valence-corrected chi connectivity index (χ1v) is 4.38. The summed E-state index contributed by atoms with van der Waals surface area (Å²) in [5.41, 5.74) is 5.19. The molecule has 0 aromatic carbocycles. The van der Waals surface area contributed by atoms with Crippen molar-refractivity contribution >= 4 is 0 Å². The van der Waals surface area contributed by atoms with Gasteiger partial charge in [-0.05, 0) is 13.8 Å². The zero-order chi connectivity index (χ0) is 10.1. The molecule has 0 bridgehead atoms. The highest BCUT2D eigenvalue weighted by Gasteiger charge is 2.34. The number of aryl methyl sites for hydroxylation is 1. The molecule has 0 radical (unpaired) electrons. The standard InChI is InChI=1S/C9H17N3O/c1-7(13)9(2,6-10)8-11-4-5-12(8)3/h4-5,7,13H,6,10H2,1-3H3. The number of aromatic nitrogens is 2. The van der Waals surface area contributed by atoms with Gasteiger partial charge in [0.25, 0.3) is 0 Å². The van der Waals surface area contributed by atoms with Crippen LogP contribution < -0.4 is 5.73 Å². The van der Waals surface area contributed by atoms with Gasteiger partial charge >= 0.3 is 0 Å². The van der Waals surface area contributed by atoms with E-state index in [2.05, 4.69) is 4.98 Å². The van der Waals surface area contributed by atoms with E-state index >= 15 is 0 Å². The molecule has 4 nitrogen and oxygen atoms in total. The van der Waals surface area contributed by atoms with Crippen LogP contribution in [0.5, 0.6) is 0 Å². The van der Waals surface area contributed by atoms with Gasteiger partial charge in [-0.15, -0.1) is 0 Å². The Bertz CT molecular complexity index is 282. The number of hydrogen-bond donors (Lipinski definition) is 2. The number of hydrogen-bond acceptors (Lipinski definition) is 3. The molecule has 1 aromatic rings. The monoisotopic (exact) mass is 183 g/mol. The number of nitrogens with zero attached hydrogens (tertiary/aromatic N) is 2. The number of rotatable bonds is 3. The molecule has 1 rings (SSSR count). The van der Waals surface area contributed by atoms with E-state index in [4.69, 9.17) is 5.73 Å². The Morgan fingerprint density at radius 1 is 1.77 bits per heavy atom. The van der Waals surface area contributed by atoms with Gasteiger partial charge in [-0.3, -0.25) is 0 Å². The molecule has 0 saturated heterocycles. The maximum absolute atomic E-state index is 9.63. The lowest BCUT2D eigenvalue weighted by atomic mass is 9.84. The molecule has 0 saturated carbocycles. The van der Waals surface area contributed by atoms with Crippen LogP contribution in [-0.2, 0) is 12.5 Å². The van der Waals surface area contributed by atoms with Gasteiger partial charge in [-0.2, -0.15) is 0 Å². The second-order valence-corrected chi connectivity index (χ2v) is 3.66. The van der Waals surface area contributed by atoms with E-state index in [0.29, 0.717) is 6.54 Å². The Morgan fingerprint density at radius 2 is 2.38 bits per heavy atom. The second kappa shape index (κ2) is 3.47. The number of nitrogens with two attached hydrogens (primary N) is 1. The summed E-state index contributed by atoms with van der Waals surface area (Å²) in [6.45, 7) is 4.04. The maximum Gasteiger partial charge on any atom is 0.118 e. The fourth-order valence-corrected chi connectivity index (χ4v) is 1.36. The largest absolute Gasteiger partial charge is 0.392 e. The van der Waals surface area contributed by atoms with Crippen molar-refractivity contribution in [3.63, 3.8) is 0 Å². The van der Waals surface area contributed by atoms with Crippen molar-refractivity contribution in [1.82, 2.24) is 9.55 Å². The Kier molecular flexibility index (Phi) is 2.73. The summed E-state index contributed by atoms with van der Waals surface area (Å²) < 4.78 is 1.89. The van der Waals surface area contributed by atoms with Gasteiger partial charge in [0.2, 0.25) is 0 Å². The Morgan fingerprint density at radius 3 is 2.69 bits per heavy atom. The summed E-state index contributed by atoms with van der Waals surface area (Å²) in [6, 6.07) is 0. The minimum Gasteiger partial charge on any atom is -0.392 e. The van der Waals surface area contributed by atoms with Gasteiger partial charge in [0.15, 0.2) is 0 Å². The fourth-order valence-electron chi connectivity index (χ4n) is 1.36. The van der Waals surface area contributed by atoms with E-state index in [1.54, 1.807) is 13.1 Å². The van der Waals surface area contributed by atoms with Crippen LogP contribution in [-0.4, -0.2) is 27.3 Å². The van der Waals surface area contributed by atoms with Crippen molar-refractivity contribution in [3.05, 3.63) is 18.2 Å². The van der Waals surface area contributed by atoms with Crippen LogP contribution in [0.15, 0.2) is 12.4 Å². The molecule has 0 aliphatic carbocycles. The van der Waals surface area contributed by atoms with Crippen molar-refractivity contribution in [2.45, 2.75) is 25.4 Å². The zero-order valence-corrected chi connectivity index (χ0v) is 8.36. The highest BCUT2D eigenvalue weighted by molar-refractivity contribution is 5.11. The van der Waals surface area contributed by atoms with E-state index in [9.17, 15) is 5.11 Å². The summed E-state index contributed by atoms with van der Waals surface area (Å²) in [4.78, 5) is 4.20. The van der Waals surface area contributed by atoms with Crippen molar-refractivity contribution in [3.8, 4) is 0 Å². The van der Waals surface area contributed by atoms with E-state index in [1.807, 2.05) is 24.7 Å². The van der Waals surface area contributed by atoms with Crippen LogP contribution in [0.4, 0.5) is 0 Å². The van der Waals surface area contributed by atoms with Crippen LogP contribution in [0.2, 0.25) is 0 Å². The predicted octanol–water partition coefficient (Wildman–Crippen LogP) is 0.0173. The quantitative estimate of drug-likeness (QED) is 0.694. The average Bonchev–Trinajstić information content (AvgIpc) is 2.50. The molecule has 0 aliphatic rings. The van der Waals surface area contributed by atoms with E-state index < -0.39 is 11.5 Å². The molecule has 74 valence electrons. The van der Waals surface area contributed by atoms with Crippen molar-refractivity contribution in [1.29, 1.82) is 0 Å².